The Balaban J connectivity index is 0.000000326. The largest absolute Gasteiger partial charge is 0.0883 e. The summed E-state index contributed by atoms with van der Waals surface area (Å²) in [6, 6.07) is 32.3. The van der Waals surface area contributed by atoms with Gasteiger partial charge in [0, 0.05) is 5.33 Å². The molecule has 0 radical (unpaired) electrons. The Hall–Kier alpha value is -1.69. The quantitative estimate of drug-likeness (QED) is 0.290. The van der Waals surface area contributed by atoms with Crippen LogP contribution in [0.2, 0.25) is 0 Å². The molecule has 0 amide bonds. The van der Waals surface area contributed by atoms with Gasteiger partial charge in [0.05, 0.1) is 0 Å². The molecule has 0 aliphatic rings. The Bertz CT molecular complexity index is 654. The molecule has 0 saturated carbocycles. The van der Waals surface area contributed by atoms with Crippen LogP contribution in [0, 0.1) is 0 Å². The monoisotopic (exact) mass is 410 g/mol. The Labute approximate surface area is 161 Å². The Morgan fingerprint density at radius 3 is 1.20 bits per heavy atom. The van der Waals surface area contributed by atoms with Crippen molar-refractivity contribution in [3.63, 3.8) is 0 Å². The number of rotatable bonds is 4. The minimum absolute atomic E-state index is 0.446. The van der Waals surface area contributed by atoms with Crippen LogP contribution < -0.4 is 15.9 Å². The van der Waals surface area contributed by atoms with Crippen molar-refractivity contribution in [2.45, 2.75) is 13.8 Å². The van der Waals surface area contributed by atoms with E-state index in [0.717, 1.165) is 5.33 Å². The van der Waals surface area contributed by atoms with Crippen molar-refractivity contribution in [2.24, 2.45) is 0 Å². The summed E-state index contributed by atoms with van der Waals surface area (Å²) in [6.45, 7) is 4.17. The molecule has 0 bridgehead atoms. The van der Waals surface area contributed by atoms with Crippen LogP contribution in [0.15, 0.2) is 103 Å². The van der Waals surface area contributed by atoms with Gasteiger partial charge in [-0.25, -0.2) is 0 Å². The van der Waals surface area contributed by atoms with Crippen molar-refractivity contribution in [2.75, 3.05) is 5.33 Å². The van der Waals surface area contributed by atoms with Crippen molar-refractivity contribution >= 4 is 39.8 Å². The predicted molar refractivity (Wildman–Crippen MR) is 118 cm³/mol. The van der Waals surface area contributed by atoms with Crippen LogP contribution in [0.25, 0.3) is 0 Å². The van der Waals surface area contributed by atoms with Crippen molar-refractivity contribution in [3.8, 4) is 0 Å². The van der Waals surface area contributed by atoms with Gasteiger partial charge in [0.25, 0.3) is 0 Å². The molecule has 3 aromatic carbocycles. The molecule has 25 heavy (non-hydrogen) atoms. The fraction of sp³-hybridized carbons (Fsp3) is 0.130. The summed E-state index contributed by atoms with van der Waals surface area (Å²) in [7, 11) is -0.446. The summed E-state index contributed by atoms with van der Waals surface area (Å²) in [5.41, 5.74) is 1.37. The molecular formula is C23H24BrP. The first-order chi connectivity index (χ1) is 12.2. The molecule has 0 N–H and O–H groups in total. The van der Waals surface area contributed by atoms with E-state index in [2.05, 4.69) is 127 Å². The minimum Gasteiger partial charge on any atom is -0.0883 e. The molecule has 3 rings (SSSR count). The van der Waals surface area contributed by atoms with Gasteiger partial charge >= 0.3 is 0 Å². The molecule has 0 aliphatic carbocycles. The van der Waals surface area contributed by atoms with E-state index in [9.17, 15) is 0 Å². The maximum absolute atomic E-state index is 3.27. The Morgan fingerprint density at radius 2 is 1.00 bits per heavy atom. The molecular weight excluding hydrogens is 387 g/mol. The third kappa shape index (κ3) is 6.61. The maximum atomic E-state index is 3.27. The number of halogens is 1. The summed E-state index contributed by atoms with van der Waals surface area (Å²) >= 11 is 3.27. The standard InChI is InChI=1S/C18H15P.C5H9Br/c1-4-10-16(11-5-1)19(17-12-6-2-7-13-17)18-14-8-3-9-15-18;1-5(2)3-4-6/h1-15H;3H,4H2,1-2H3. The third-order valence-corrected chi connectivity index (χ3v) is 6.30. The van der Waals surface area contributed by atoms with Crippen LogP contribution >= 0.6 is 23.9 Å². The first-order valence-corrected chi connectivity index (χ1v) is 10.8. The molecule has 0 aliphatic heterocycles. The fourth-order valence-corrected chi connectivity index (χ4v) is 5.29. The van der Waals surface area contributed by atoms with Crippen molar-refractivity contribution < 1.29 is 0 Å². The lowest BCUT2D eigenvalue weighted by atomic mass is 10.3. The van der Waals surface area contributed by atoms with Gasteiger partial charge in [0.15, 0.2) is 0 Å². The fourth-order valence-electron chi connectivity index (χ4n) is 2.33. The molecule has 0 saturated heterocycles. The van der Waals surface area contributed by atoms with Gasteiger partial charge in [-0.2, -0.15) is 0 Å². The number of benzene rings is 3. The molecule has 2 heteroatoms. The van der Waals surface area contributed by atoms with Gasteiger partial charge in [-0.05, 0) is 37.7 Å². The van der Waals surface area contributed by atoms with E-state index in [1.807, 2.05) is 0 Å². The van der Waals surface area contributed by atoms with Crippen LogP contribution in [0.4, 0.5) is 0 Å². The van der Waals surface area contributed by atoms with Crippen LogP contribution in [0.3, 0.4) is 0 Å². The number of hydrogen-bond acceptors (Lipinski definition) is 0. The normalized spacial score (nSPS) is 9.92. The topological polar surface area (TPSA) is 0 Å². The molecule has 0 heterocycles. The van der Waals surface area contributed by atoms with Gasteiger partial charge in [0.2, 0.25) is 0 Å². The van der Waals surface area contributed by atoms with Gasteiger partial charge in [0.1, 0.15) is 0 Å². The zero-order valence-electron chi connectivity index (χ0n) is 14.8. The van der Waals surface area contributed by atoms with Crippen LogP contribution in [0.1, 0.15) is 13.8 Å². The lowest BCUT2D eigenvalue weighted by molar-refractivity contribution is 1.37. The van der Waals surface area contributed by atoms with Crippen LogP contribution in [-0.4, -0.2) is 5.33 Å². The second-order valence-electron chi connectivity index (χ2n) is 5.78. The number of allylic oxidation sites excluding steroid dienone is 2. The predicted octanol–water partition coefficient (Wildman–Crippen LogP) is 5.79. The van der Waals surface area contributed by atoms with E-state index in [1.165, 1.54) is 21.5 Å². The second-order valence-corrected chi connectivity index (χ2v) is 8.65. The first kappa shape index (κ1) is 19.6. The second kappa shape index (κ2) is 11.0. The number of alkyl halides is 1. The molecule has 0 aromatic heterocycles. The van der Waals surface area contributed by atoms with Gasteiger partial charge in [-0.15, -0.1) is 0 Å². The summed E-state index contributed by atoms with van der Waals surface area (Å²) in [5, 5.41) is 5.18. The SMILES string of the molecule is CC(C)=CCBr.c1ccc(P(c2ccccc2)c2ccccc2)cc1. The molecule has 3 aromatic rings. The average molecular weight is 411 g/mol. The lowest BCUT2D eigenvalue weighted by Gasteiger charge is -2.18. The summed E-state index contributed by atoms with van der Waals surface area (Å²) in [6.07, 6.45) is 2.12. The lowest BCUT2D eigenvalue weighted by Crippen LogP contribution is -2.20. The highest BCUT2D eigenvalue weighted by Crippen LogP contribution is 2.32. The summed E-state index contributed by atoms with van der Waals surface area (Å²) < 4.78 is 0. The van der Waals surface area contributed by atoms with E-state index < -0.39 is 7.92 Å². The van der Waals surface area contributed by atoms with E-state index in [4.69, 9.17) is 0 Å². The first-order valence-electron chi connectivity index (χ1n) is 8.37. The highest BCUT2D eigenvalue weighted by molar-refractivity contribution is 9.09. The van der Waals surface area contributed by atoms with Crippen LogP contribution in [-0.2, 0) is 0 Å². The molecule has 0 unspecified atom stereocenters. The Kier molecular flexibility index (Phi) is 8.66. The van der Waals surface area contributed by atoms with E-state index in [0.29, 0.717) is 0 Å². The Morgan fingerprint density at radius 1 is 0.680 bits per heavy atom. The van der Waals surface area contributed by atoms with Crippen molar-refractivity contribution in [3.05, 3.63) is 103 Å². The smallest absolute Gasteiger partial charge is 0.0214 e. The van der Waals surface area contributed by atoms with E-state index in [1.54, 1.807) is 0 Å². The van der Waals surface area contributed by atoms with Gasteiger partial charge < -0.3 is 0 Å². The van der Waals surface area contributed by atoms with Crippen LogP contribution in [0.5, 0.6) is 0 Å². The zero-order chi connectivity index (χ0) is 17.9. The van der Waals surface area contributed by atoms with Gasteiger partial charge in [-0.1, -0.05) is 119 Å². The highest BCUT2D eigenvalue weighted by atomic mass is 79.9. The zero-order valence-corrected chi connectivity index (χ0v) is 17.3. The van der Waals surface area contributed by atoms with Gasteiger partial charge in [-0.3, -0.25) is 0 Å². The van der Waals surface area contributed by atoms with Crippen molar-refractivity contribution in [1.29, 1.82) is 0 Å². The minimum atomic E-state index is -0.446. The summed E-state index contributed by atoms with van der Waals surface area (Å²) in [5.74, 6) is 0. The third-order valence-electron chi connectivity index (χ3n) is 3.53. The van der Waals surface area contributed by atoms with Crippen molar-refractivity contribution in [1.82, 2.24) is 0 Å². The molecule has 128 valence electrons. The maximum Gasteiger partial charge on any atom is 0.0214 e. The number of hydrogen-bond donors (Lipinski definition) is 0. The highest BCUT2D eigenvalue weighted by Gasteiger charge is 2.14. The van der Waals surface area contributed by atoms with E-state index in [-0.39, 0.29) is 0 Å². The summed E-state index contributed by atoms with van der Waals surface area (Å²) in [4.78, 5) is 0. The molecule has 0 atom stereocenters. The average Bonchev–Trinajstić information content (AvgIpc) is 2.65. The molecule has 0 nitrogen and oxygen atoms in total. The molecule has 0 spiro atoms. The molecule has 0 fully saturated rings. The van der Waals surface area contributed by atoms with E-state index >= 15 is 0 Å².